The van der Waals surface area contributed by atoms with Crippen LogP contribution in [0.1, 0.15) is 18.0 Å². The SMILES string of the molecule is Cc1cccc(S(=O)(=O)NCC(=O)N2CCC(n3cc(-c4ccccc4)nn3)C2)c1. The van der Waals surface area contributed by atoms with Crippen LogP contribution in [0.15, 0.2) is 65.7 Å². The maximum Gasteiger partial charge on any atom is 0.241 e. The summed E-state index contributed by atoms with van der Waals surface area (Å²) in [4.78, 5) is 14.4. The molecule has 1 aliphatic rings. The van der Waals surface area contributed by atoms with E-state index in [9.17, 15) is 13.2 Å². The monoisotopic (exact) mass is 425 g/mol. The second-order valence-electron chi connectivity index (χ2n) is 7.37. The van der Waals surface area contributed by atoms with Gasteiger partial charge in [0, 0.05) is 18.7 Å². The van der Waals surface area contributed by atoms with Gasteiger partial charge in [0.1, 0.15) is 5.69 Å². The Morgan fingerprint density at radius 2 is 1.97 bits per heavy atom. The van der Waals surface area contributed by atoms with Crippen LogP contribution >= 0.6 is 0 Å². The lowest BCUT2D eigenvalue weighted by Gasteiger charge is -2.17. The molecule has 1 atom stereocenters. The summed E-state index contributed by atoms with van der Waals surface area (Å²) in [5, 5.41) is 8.45. The molecule has 9 heteroatoms. The van der Waals surface area contributed by atoms with Crippen molar-refractivity contribution in [3.05, 3.63) is 66.4 Å². The number of sulfonamides is 1. The molecule has 0 bridgehead atoms. The molecular formula is C21H23N5O3S. The molecule has 2 aromatic carbocycles. The lowest BCUT2D eigenvalue weighted by Crippen LogP contribution is -2.39. The number of aryl methyl sites for hydroxylation is 1. The highest BCUT2D eigenvalue weighted by atomic mass is 32.2. The van der Waals surface area contributed by atoms with E-state index in [1.165, 1.54) is 6.07 Å². The van der Waals surface area contributed by atoms with Gasteiger partial charge >= 0.3 is 0 Å². The van der Waals surface area contributed by atoms with Gasteiger partial charge in [-0.05, 0) is 31.0 Å². The highest BCUT2D eigenvalue weighted by Crippen LogP contribution is 2.23. The average Bonchev–Trinajstić information content (AvgIpc) is 3.42. The second kappa shape index (κ2) is 8.37. The van der Waals surface area contributed by atoms with Gasteiger partial charge in [-0.1, -0.05) is 47.7 Å². The summed E-state index contributed by atoms with van der Waals surface area (Å²) in [6.07, 6.45) is 2.63. The summed E-state index contributed by atoms with van der Waals surface area (Å²) >= 11 is 0. The van der Waals surface area contributed by atoms with Gasteiger partial charge in [-0.25, -0.2) is 17.8 Å². The van der Waals surface area contributed by atoms with Crippen molar-refractivity contribution in [3.63, 3.8) is 0 Å². The van der Waals surface area contributed by atoms with Gasteiger partial charge < -0.3 is 4.90 Å². The minimum absolute atomic E-state index is 0.0206. The zero-order valence-electron chi connectivity index (χ0n) is 16.6. The van der Waals surface area contributed by atoms with Crippen molar-refractivity contribution in [2.45, 2.75) is 24.3 Å². The normalized spacial score (nSPS) is 16.7. The molecule has 1 amide bonds. The molecule has 0 aliphatic carbocycles. The van der Waals surface area contributed by atoms with E-state index in [-0.39, 0.29) is 23.4 Å². The number of nitrogens with zero attached hydrogens (tertiary/aromatic N) is 4. The van der Waals surface area contributed by atoms with Crippen LogP contribution in [-0.4, -0.2) is 53.9 Å². The molecular weight excluding hydrogens is 402 g/mol. The van der Waals surface area contributed by atoms with Crippen LogP contribution in [0.4, 0.5) is 0 Å². The van der Waals surface area contributed by atoms with E-state index < -0.39 is 10.0 Å². The van der Waals surface area contributed by atoms with Crippen LogP contribution in [0.2, 0.25) is 0 Å². The van der Waals surface area contributed by atoms with Crippen molar-refractivity contribution in [3.8, 4) is 11.3 Å². The van der Waals surface area contributed by atoms with Gasteiger partial charge in [0.2, 0.25) is 15.9 Å². The van der Waals surface area contributed by atoms with Crippen LogP contribution < -0.4 is 4.72 Å². The zero-order chi connectivity index (χ0) is 21.1. The third kappa shape index (κ3) is 4.42. The Morgan fingerprint density at radius 1 is 1.17 bits per heavy atom. The third-order valence-corrected chi connectivity index (χ3v) is 6.58. The quantitative estimate of drug-likeness (QED) is 0.652. The van der Waals surface area contributed by atoms with Crippen LogP contribution in [0.25, 0.3) is 11.3 Å². The number of rotatable bonds is 6. The van der Waals surface area contributed by atoms with Crippen molar-refractivity contribution in [1.29, 1.82) is 0 Å². The van der Waals surface area contributed by atoms with Gasteiger partial charge in [-0.2, -0.15) is 0 Å². The first-order valence-electron chi connectivity index (χ1n) is 9.74. The Bertz CT molecular complexity index is 1140. The summed E-state index contributed by atoms with van der Waals surface area (Å²) < 4.78 is 29.0. The molecule has 30 heavy (non-hydrogen) atoms. The van der Waals surface area contributed by atoms with Crippen LogP contribution in [-0.2, 0) is 14.8 Å². The molecule has 1 saturated heterocycles. The van der Waals surface area contributed by atoms with Crippen molar-refractivity contribution < 1.29 is 13.2 Å². The number of likely N-dealkylation sites (tertiary alicyclic amines) is 1. The van der Waals surface area contributed by atoms with Crippen LogP contribution in [0.5, 0.6) is 0 Å². The molecule has 1 N–H and O–H groups in total. The van der Waals surface area contributed by atoms with Crippen molar-refractivity contribution in [1.82, 2.24) is 24.6 Å². The zero-order valence-corrected chi connectivity index (χ0v) is 17.4. The highest BCUT2D eigenvalue weighted by molar-refractivity contribution is 7.89. The first-order chi connectivity index (χ1) is 14.4. The predicted molar refractivity (Wildman–Crippen MR) is 112 cm³/mol. The number of amides is 1. The largest absolute Gasteiger partial charge is 0.339 e. The Balaban J connectivity index is 1.35. The minimum Gasteiger partial charge on any atom is -0.339 e. The molecule has 8 nitrogen and oxygen atoms in total. The fourth-order valence-electron chi connectivity index (χ4n) is 3.52. The summed E-state index contributed by atoms with van der Waals surface area (Å²) in [6.45, 7) is 2.58. The molecule has 1 fully saturated rings. The smallest absolute Gasteiger partial charge is 0.241 e. The summed E-state index contributed by atoms with van der Waals surface area (Å²) in [7, 11) is -3.73. The van der Waals surface area contributed by atoms with Crippen LogP contribution in [0.3, 0.4) is 0 Å². The average molecular weight is 426 g/mol. The molecule has 156 valence electrons. The molecule has 3 aromatic rings. The van der Waals surface area contributed by atoms with Gasteiger partial charge in [0.05, 0.1) is 23.7 Å². The highest BCUT2D eigenvalue weighted by Gasteiger charge is 2.29. The molecule has 0 saturated carbocycles. The van der Waals surface area contributed by atoms with E-state index in [0.29, 0.717) is 13.1 Å². The Hall–Kier alpha value is -3.04. The van der Waals surface area contributed by atoms with E-state index in [0.717, 1.165) is 23.2 Å². The molecule has 0 spiro atoms. The molecule has 2 heterocycles. The number of benzene rings is 2. The number of nitrogens with one attached hydrogen (secondary N) is 1. The number of carbonyl (C=O) groups excluding carboxylic acids is 1. The van der Waals surface area contributed by atoms with Gasteiger partial charge in [-0.15, -0.1) is 5.10 Å². The molecule has 1 unspecified atom stereocenters. The fraction of sp³-hybridized carbons (Fsp3) is 0.286. The molecule has 0 radical (unpaired) electrons. The van der Waals surface area contributed by atoms with E-state index in [1.807, 2.05) is 49.5 Å². The van der Waals surface area contributed by atoms with E-state index in [4.69, 9.17) is 0 Å². The maximum absolute atomic E-state index is 12.5. The summed E-state index contributed by atoms with van der Waals surface area (Å²) in [6, 6.07) is 16.4. The topological polar surface area (TPSA) is 97.2 Å². The number of aromatic nitrogens is 3. The third-order valence-electron chi connectivity index (χ3n) is 5.18. The first kappa shape index (κ1) is 20.2. The second-order valence-corrected chi connectivity index (χ2v) is 9.14. The number of carbonyl (C=O) groups is 1. The molecule has 1 aromatic heterocycles. The molecule has 1 aliphatic heterocycles. The summed E-state index contributed by atoms with van der Waals surface area (Å²) in [5.41, 5.74) is 2.61. The summed E-state index contributed by atoms with van der Waals surface area (Å²) in [5.74, 6) is -0.253. The Kier molecular flexibility index (Phi) is 5.65. The minimum atomic E-state index is -3.73. The van der Waals surface area contributed by atoms with E-state index in [1.54, 1.807) is 21.7 Å². The number of hydrogen-bond donors (Lipinski definition) is 1. The Labute approximate surface area is 175 Å². The van der Waals surface area contributed by atoms with E-state index in [2.05, 4.69) is 15.0 Å². The van der Waals surface area contributed by atoms with Crippen molar-refractivity contribution >= 4 is 15.9 Å². The van der Waals surface area contributed by atoms with Gasteiger partial charge in [-0.3, -0.25) is 4.79 Å². The van der Waals surface area contributed by atoms with Crippen molar-refractivity contribution in [2.24, 2.45) is 0 Å². The van der Waals surface area contributed by atoms with Crippen LogP contribution in [0, 0.1) is 6.92 Å². The molecule has 4 rings (SSSR count). The standard InChI is InChI=1S/C21H23N5O3S/c1-16-6-5-9-19(12-16)30(28,29)22-13-21(27)25-11-10-18(14-25)26-15-20(23-24-26)17-7-3-2-4-8-17/h2-9,12,15,18,22H,10-11,13-14H2,1H3. The first-order valence-corrected chi connectivity index (χ1v) is 11.2. The fourth-order valence-corrected chi connectivity index (χ4v) is 4.59. The number of hydrogen-bond acceptors (Lipinski definition) is 5. The van der Waals surface area contributed by atoms with Gasteiger partial charge in [0.25, 0.3) is 0 Å². The van der Waals surface area contributed by atoms with Crippen molar-refractivity contribution in [2.75, 3.05) is 19.6 Å². The lowest BCUT2D eigenvalue weighted by atomic mass is 10.2. The predicted octanol–water partition coefficient (Wildman–Crippen LogP) is 2.01. The van der Waals surface area contributed by atoms with E-state index >= 15 is 0 Å². The Morgan fingerprint density at radius 3 is 2.73 bits per heavy atom. The maximum atomic E-state index is 12.5. The lowest BCUT2D eigenvalue weighted by molar-refractivity contribution is -0.129. The van der Waals surface area contributed by atoms with Gasteiger partial charge in [0.15, 0.2) is 0 Å².